The zero-order valence-electron chi connectivity index (χ0n) is 15.3. The number of nitrogens with two attached hydrogens (primary N) is 1. The van der Waals surface area contributed by atoms with Crippen LogP contribution in [0.2, 0.25) is 0 Å². The Morgan fingerprint density at radius 2 is 2.07 bits per heavy atom. The van der Waals surface area contributed by atoms with Crippen LogP contribution in [0, 0.1) is 6.92 Å². The number of aromatic nitrogens is 5. The van der Waals surface area contributed by atoms with Gasteiger partial charge >= 0.3 is 6.18 Å². The fourth-order valence-electron chi connectivity index (χ4n) is 3.41. The van der Waals surface area contributed by atoms with Crippen molar-refractivity contribution in [2.45, 2.75) is 31.5 Å². The van der Waals surface area contributed by atoms with Gasteiger partial charge in [-0.2, -0.15) is 27.8 Å². The zero-order valence-corrected chi connectivity index (χ0v) is 16.9. The number of halogens is 4. The van der Waals surface area contributed by atoms with Crippen LogP contribution in [0.1, 0.15) is 23.4 Å². The molecule has 4 heterocycles. The van der Waals surface area contributed by atoms with E-state index in [1.54, 1.807) is 19.1 Å². The molecule has 4 rings (SSSR count). The quantitative estimate of drug-likeness (QED) is 0.603. The van der Waals surface area contributed by atoms with Crippen molar-refractivity contribution in [1.82, 2.24) is 24.6 Å². The van der Waals surface area contributed by atoms with Crippen molar-refractivity contribution in [3.05, 3.63) is 39.9 Å². The van der Waals surface area contributed by atoms with Crippen molar-refractivity contribution < 1.29 is 18.3 Å². The van der Waals surface area contributed by atoms with Gasteiger partial charge in [0.2, 0.25) is 0 Å². The van der Waals surface area contributed by atoms with Crippen LogP contribution >= 0.6 is 15.9 Å². The van der Waals surface area contributed by atoms with E-state index in [-0.39, 0.29) is 6.54 Å². The van der Waals surface area contributed by atoms with Gasteiger partial charge in [-0.1, -0.05) is 0 Å². The Balaban J connectivity index is 1.65. The topological polar surface area (TPSA) is 105 Å². The van der Waals surface area contributed by atoms with Crippen LogP contribution in [-0.2, 0) is 6.42 Å². The molecule has 1 aliphatic heterocycles. The number of aryl methyl sites for hydroxylation is 1. The molecule has 3 N–H and O–H groups in total. The van der Waals surface area contributed by atoms with Crippen LogP contribution in [0.15, 0.2) is 22.9 Å². The molecular weight excluding hydrogens is 455 g/mol. The molecule has 1 unspecified atom stereocenters. The maximum absolute atomic E-state index is 13.1. The summed E-state index contributed by atoms with van der Waals surface area (Å²) in [5.74, 6) is 1.11. The number of β-amino-alcohol motifs (C(OH)–C–C–N with tert-alkyl or cyclic N) is 1. The van der Waals surface area contributed by atoms with Gasteiger partial charge in [0.25, 0.3) is 5.78 Å². The average molecular weight is 472 g/mol. The van der Waals surface area contributed by atoms with Crippen LogP contribution in [0.4, 0.5) is 24.8 Å². The van der Waals surface area contributed by atoms with Gasteiger partial charge in [0, 0.05) is 36.3 Å². The Morgan fingerprint density at radius 1 is 1.31 bits per heavy atom. The van der Waals surface area contributed by atoms with Crippen LogP contribution < -0.4 is 10.6 Å². The molecule has 0 radical (unpaired) electrons. The van der Waals surface area contributed by atoms with Crippen molar-refractivity contribution in [1.29, 1.82) is 0 Å². The number of nitrogen functional groups attached to an aromatic ring is 1. The number of hydrogen-bond donors (Lipinski definition) is 2. The smallest absolute Gasteiger partial charge is 0.383 e. The fraction of sp³-hybridized carbons (Fsp3) is 0.412. The largest absolute Gasteiger partial charge is 0.418 e. The van der Waals surface area contributed by atoms with E-state index in [1.807, 2.05) is 0 Å². The molecule has 0 aromatic carbocycles. The van der Waals surface area contributed by atoms with E-state index >= 15 is 0 Å². The molecule has 12 heteroatoms. The summed E-state index contributed by atoms with van der Waals surface area (Å²) in [5, 5.41) is 14.0. The molecule has 1 fully saturated rings. The molecule has 3 aromatic rings. The van der Waals surface area contributed by atoms with E-state index in [0.29, 0.717) is 45.3 Å². The van der Waals surface area contributed by atoms with Gasteiger partial charge in [-0.15, -0.1) is 0 Å². The highest BCUT2D eigenvalue weighted by atomic mass is 79.9. The maximum Gasteiger partial charge on any atom is 0.418 e. The number of nitrogens with zero attached hydrogens (tertiary/aromatic N) is 6. The molecule has 154 valence electrons. The monoisotopic (exact) mass is 471 g/mol. The van der Waals surface area contributed by atoms with Gasteiger partial charge < -0.3 is 15.7 Å². The minimum Gasteiger partial charge on any atom is -0.383 e. The Labute approximate surface area is 171 Å². The lowest BCUT2D eigenvalue weighted by Gasteiger charge is -2.26. The van der Waals surface area contributed by atoms with Crippen molar-refractivity contribution >= 4 is 33.3 Å². The maximum atomic E-state index is 13.1. The Hall–Kier alpha value is -2.47. The highest BCUT2D eigenvalue weighted by molar-refractivity contribution is 9.10. The van der Waals surface area contributed by atoms with Gasteiger partial charge in [-0.25, -0.2) is 9.97 Å². The lowest BCUT2D eigenvalue weighted by Crippen LogP contribution is -2.47. The summed E-state index contributed by atoms with van der Waals surface area (Å²) in [6, 6.07) is 3.47. The van der Waals surface area contributed by atoms with Crippen molar-refractivity contribution in [3.63, 3.8) is 0 Å². The Morgan fingerprint density at radius 3 is 2.76 bits per heavy atom. The summed E-state index contributed by atoms with van der Waals surface area (Å²) in [5.41, 5.74) is 5.43. The van der Waals surface area contributed by atoms with Crippen molar-refractivity contribution in [2.75, 3.05) is 23.7 Å². The first-order valence-electron chi connectivity index (χ1n) is 8.73. The number of hydrogen-bond acceptors (Lipinski definition) is 7. The average Bonchev–Trinajstić information content (AvgIpc) is 3.27. The molecule has 29 heavy (non-hydrogen) atoms. The highest BCUT2D eigenvalue weighted by Crippen LogP contribution is 2.40. The van der Waals surface area contributed by atoms with Gasteiger partial charge in [-0.3, -0.25) is 0 Å². The molecule has 0 amide bonds. The van der Waals surface area contributed by atoms with Crippen LogP contribution in [0.25, 0.3) is 5.78 Å². The van der Waals surface area contributed by atoms with Gasteiger partial charge in [-0.05, 0) is 35.0 Å². The number of pyridine rings is 1. The third-order valence-corrected chi connectivity index (χ3v) is 5.71. The first kappa shape index (κ1) is 19.8. The first-order chi connectivity index (χ1) is 13.6. The van der Waals surface area contributed by atoms with Crippen molar-refractivity contribution in [3.8, 4) is 0 Å². The van der Waals surface area contributed by atoms with E-state index in [0.717, 1.165) is 0 Å². The molecule has 8 nitrogen and oxygen atoms in total. The molecular formula is C17H17BrF3N7O. The van der Waals surface area contributed by atoms with Gasteiger partial charge in [0.15, 0.2) is 5.60 Å². The molecule has 1 saturated heterocycles. The second kappa shape index (κ2) is 6.80. The van der Waals surface area contributed by atoms with E-state index < -0.39 is 24.7 Å². The predicted octanol–water partition coefficient (Wildman–Crippen LogP) is 2.27. The van der Waals surface area contributed by atoms with Crippen LogP contribution in [-0.4, -0.2) is 54.5 Å². The lowest BCUT2D eigenvalue weighted by molar-refractivity contribution is -0.250. The second-order valence-electron chi connectivity index (χ2n) is 7.02. The summed E-state index contributed by atoms with van der Waals surface area (Å²) < 4.78 is 41.4. The SMILES string of the molecule is Cc1nc2ncnn2c(N)c1Cc1ccc(Br)c(N2CCC(O)(C(F)(F)F)C2)n1. The number of anilines is 2. The van der Waals surface area contributed by atoms with E-state index in [4.69, 9.17) is 5.73 Å². The number of aliphatic hydroxyl groups is 1. The fourth-order valence-corrected chi connectivity index (χ4v) is 3.88. The number of fused-ring (bicyclic) bond motifs is 1. The van der Waals surface area contributed by atoms with Crippen LogP contribution in [0.5, 0.6) is 0 Å². The van der Waals surface area contributed by atoms with Crippen molar-refractivity contribution in [2.24, 2.45) is 0 Å². The summed E-state index contributed by atoms with van der Waals surface area (Å²) in [6.45, 7) is 1.27. The molecule has 1 aliphatic rings. The molecule has 0 bridgehead atoms. The lowest BCUT2D eigenvalue weighted by atomic mass is 10.0. The summed E-state index contributed by atoms with van der Waals surface area (Å²) in [7, 11) is 0. The van der Waals surface area contributed by atoms with E-state index in [1.165, 1.54) is 15.7 Å². The third-order valence-electron chi connectivity index (χ3n) is 5.09. The second-order valence-corrected chi connectivity index (χ2v) is 7.87. The number of rotatable bonds is 3. The summed E-state index contributed by atoms with van der Waals surface area (Å²) in [4.78, 5) is 14.3. The minimum atomic E-state index is -4.70. The number of alkyl halides is 3. The third kappa shape index (κ3) is 3.39. The van der Waals surface area contributed by atoms with Gasteiger partial charge in [0.1, 0.15) is 18.0 Å². The molecule has 0 aliphatic carbocycles. The van der Waals surface area contributed by atoms with E-state index in [9.17, 15) is 18.3 Å². The minimum absolute atomic E-state index is 0.0404. The first-order valence-corrected chi connectivity index (χ1v) is 9.52. The zero-order chi connectivity index (χ0) is 21.0. The molecule has 1 atom stereocenters. The Kier molecular flexibility index (Phi) is 4.65. The molecule has 3 aromatic heterocycles. The molecule has 0 saturated carbocycles. The normalized spacial score (nSPS) is 20.0. The standard InChI is InChI=1S/C17H17BrF3N7O/c1-9-11(13(22)28-15(25-9)23-8-24-28)6-10-2-3-12(18)14(26-10)27-5-4-16(29,7-27)17(19,20)21/h2-3,8,29H,4-7,22H2,1H3. The molecule has 0 spiro atoms. The highest BCUT2D eigenvalue weighted by Gasteiger charge is 2.57. The van der Waals surface area contributed by atoms with E-state index in [2.05, 4.69) is 36.0 Å². The van der Waals surface area contributed by atoms with Gasteiger partial charge in [0.05, 0.1) is 11.0 Å². The summed E-state index contributed by atoms with van der Waals surface area (Å²) >= 11 is 3.34. The Bertz CT molecular complexity index is 1090. The van der Waals surface area contributed by atoms with Crippen LogP contribution in [0.3, 0.4) is 0 Å². The predicted molar refractivity (Wildman–Crippen MR) is 103 cm³/mol. The summed E-state index contributed by atoms with van der Waals surface area (Å²) in [6.07, 6.45) is -3.44.